The Hall–Kier alpha value is -3.05. The van der Waals surface area contributed by atoms with Crippen LogP contribution in [-0.4, -0.2) is 30.0 Å². The number of fused-ring (bicyclic) bond motifs is 1. The Balaban J connectivity index is 1.64. The standard InChI is InChI=1S/C22H19ClN2O3/c1-27-16-9-8-15(20(10-16)28-2)12-25-13-19-21(22(25)26)17(23)11-18(24-19)14-6-4-3-5-7-14/h3-11H,12-13H2,1-2H3. The Morgan fingerprint density at radius 2 is 1.86 bits per heavy atom. The maximum Gasteiger partial charge on any atom is 0.257 e. The van der Waals surface area contributed by atoms with E-state index in [2.05, 4.69) is 0 Å². The number of methoxy groups -OCH3 is 2. The van der Waals surface area contributed by atoms with Gasteiger partial charge in [-0.25, -0.2) is 4.98 Å². The van der Waals surface area contributed by atoms with Crippen LogP contribution in [0.25, 0.3) is 11.3 Å². The van der Waals surface area contributed by atoms with E-state index >= 15 is 0 Å². The Bertz CT molecular complexity index is 1040. The number of rotatable bonds is 5. The Kier molecular flexibility index (Phi) is 4.92. The molecule has 28 heavy (non-hydrogen) atoms. The maximum absolute atomic E-state index is 12.9. The number of amides is 1. The van der Waals surface area contributed by atoms with Gasteiger partial charge in [0.25, 0.3) is 5.91 Å². The highest BCUT2D eigenvalue weighted by Gasteiger charge is 2.32. The van der Waals surface area contributed by atoms with Gasteiger partial charge in [-0.15, -0.1) is 0 Å². The molecule has 0 fully saturated rings. The molecule has 0 aliphatic carbocycles. The van der Waals surface area contributed by atoms with E-state index in [9.17, 15) is 4.79 Å². The topological polar surface area (TPSA) is 51.7 Å². The zero-order valence-corrected chi connectivity index (χ0v) is 16.4. The van der Waals surface area contributed by atoms with Crippen LogP contribution >= 0.6 is 11.6 Å². The number of pyridine rings is 1. The SMILES string of the molecule is COc1ccc(CN2Cc3nc(-c4ccccc4)cc(Cl)c3C2=O)c(OC)c1. The van der Waals surface area contributed by atoms with E-state index in [1.54, 1.807) is 25.2 Å². The van der Waals surface area contributed by atoms with Gasteiger partial charge in [0.05, 0.1) is 49.3 Å². The summed E-state index contributed by atoms with van der Waals surface area (Å²) in [4.78, 5) is 19.4. The third-order valence-corrected chi connectivity index (χ3v) is 5.11. The third kappa shape index (κ3) is 3.29. The number of halogens is 1. The second-order valence-corrected chi connectivity index (χ2v) is 6.92. The van der Waals surface area contributed by atoms with Gasteiger partial charge in [0.1, 0.15) is 11.5 Å². The maximum atomic E-state index is 12.9. The Morgan fingerprint density at radius 3 is 2.57 bits per heavy atom. The molecule has 1 aliphatic heterocycles. The van der Waals surface area contributed by atoms with Crippen molar-refractivity contribution in [2.75, 3.05) is 14.2 Å². The first kappa shape index (κ1) is 18.3. The van der Waals surface area contributed by atoms with Gasteiger partial charge >= 0.3 is 0 Å². The summed E-state index contributed by atoms with van der Waals surface area (Å²) in [6.07, 6.45) is 0. The van der Waals surface area contributed by atoms with Gasteiger partial charge in [-0.05, 0) is 18.2 Å². The van der Waals surface area contributed by atoms with Crippen molar-refractivity contribution in [1.82, 2.24) is 9.88 Å². The summed E-state index contributed by atoms with van der Waals surface area (Å²) in [5.74, 6) is 1.26. The zero-order chi connectivity index (χ0) is 19.7. The van der Waals surface area contributed by atoms with Crippen molar-refractivity contribution < 1.29 is 14.3 Å². The van der Waals surface area contributed by atoms with Crippen molar-refractivity contribution in [2.45, 2.75) is 13.1 Å². The average Bonchev–Trinajstić information content (AvgIpc) is 3.04. The molecule has 1 aromatic heterocycles. The summed E-state index contributed by atoms with van der Waals surface area (Å²) >= 11 is 6.46. The summed E-state index contributed by atoms with van der Waals surface area (Å²) in [7, 11) is 3.20. The number of benzene rings is 2. The first-order chi connectivity index (χ1) is 13.6. The summed E-state index contributed by atoms with van der Waals surface area (Å²) in [5.41, 5.74) is 3.80. The van der Waals surface area contributed by atoms with Gasteiger partial charge in [-0.1, -0.05) is 41.9 Å². The lowest BCUT2D eigenvalue weighted by Crippen LogP contribution is -2.23. The lowest BCUT2D eigenvalue weighted by atomic mass is 10.1. The molecule has 5 nitrogen and oxygen atoms in total. The number of hydrogen-bond donors (Lipinski definition) is 0. The van der Waals surface area contributed by atoms with Crippen LogP contribution in [-0.2, 0) is 13.1 Å². The highest BCUT2D eigenvalue weighted by molar-refractivity contribution is 6.34. The van der Waals surface area contributed by atoms with Crippen LogP contribution in [0.3, 0.4) is 0 Å². The van der Waals surface area contributed by atoms with Crippen molar-refractivity contribution in [2.24, 2.45) is 0 Å². The van der Waals surface area contributed by atoms with Crippen LogP contribution < -0.4 is 9.47 Å². The molecule has 0 unspecified atom stereocenters. The van der Waals surface area contributed by atoms with Gasteiger partial charge < -0.3 is 14.4 Å². The molecule has 1 aliphatic rings. The van der Waals surface area contributed by atoms with Crippen molar-refractivity contribution in [3.8, 4) is 22.8 Å². The molecular weight excluding hydrogens is 376 g/mol. The zero-order valence-electron chi connectivity index (χ0n) is 15.6. The van der Waals surface area contributed by atoms with Crippen molar-refractivity contribution in [1.29, 1.82) is 0 Å². The van der Waals surface area contributed by atoms with E-state index in [1.165, 1.54) is 0 Å². The number of hydrogen-bond acceptors (Lipinski definition) is 4. The van der Waals surface area contributed by atoms with Gasteiger partial charge in [0.15, 0.2) is 0 Å². The van der Waals surface area contributed by atoms with Gasteiger partial charge in [-0.3, -0.25) is 4.79 Å². The van der Waals surface area contributed by atoms with Crippen molar-refractivity contribution in [3.63, 3.8) is 0 Å². The van der Waals surface area contributed by atoms with E-state index in [0.717, 1.165) is 16.8 Å². The quantitative estimate of drug-likeness (QED) is 0.635. The average molecular weight is 395 g/mol. The first-order valence-electron chi connectivity index (χ1n) is 8.85. The van der Waals surface area contributed by atoms with Crippen LogP contribution in [0.2, 0.25) is 5.02 Å². The highest BCUT2D eigenvalue weighted by atomic mass is 35.5. The summed E-state index contributed by atoms with van der Waals surface area (Å²) < 4.78 is 10.7. The summed E-state index contributed by atoms with van der Waals surface area (Å²) in [6.45, 7) is 0.809. The number of nitrogens with zero attached hydrogens (tertiary/aromatic N) is 2. The van der Waals surface area contributed by atoms with Crippen LogP contribution in [0, 0.1) is 0 Å². The number of aromatic nitrogens is 1. The molecule has 2 aromatic carbocycles. The smallest absolute Gasteiger partial charge is 0.257 e. The minimum Gasteiger partial charge on any atom is -0.497 e. The van der Waals surface area contributed by atoms with Gasteiger partial charge in [-0.2, -0.15) is 0 Å². The molecule has 6 heteroatoms. The highest BCUT2D eigenvalue weighted by Crippen LogP contribution is 2.34. The number of carbonyl (C=O) groups excluding carboxylic acids is 1. The fourth-order valence-corrected chi connectivity index (χ4v) is 3.68. The van der Waals surface area contributed by atoms with Crippen LogP contribution in [0.5, 0.6) is 11.5 Å². The van der Waals surface area contributed by atoms with Crippen molar-refractivity contribution >= 4 is 17.5 Å². The van der Waals surface area contributed by atoms with E-state index in [-0.39, 0.29) is 5.91 Å². The second-order valence-electron chi connectivity index (χ2n) is 6.52. The van der Waals surface area contributed by atoms with Crippen LogP contribution in [0.4, 0.5) is 0 Å². The van der Waals surface area contributed by atoms with Gasteiger partial charge in [0, 0.05) is 17.2 Å². The fourth-order valence-electron chi connectivity index (χ4n) is 3.39. The lowest BCUT2D eigenvalue weighted by molar-refractivity contribution is 0.0765. The molecule has 3 aromatic rings. The molecule has 0 saturated carbocycles. The third-order valence-electron chi connectivity index (χ3n) is 4.81. The molecule has 0 spiro atoms. The molecule has 1 amide bonds. The molecule has 0 radical (unpaired) electrons. The van der Waals surface area contributed by atoms with Crippen LogP contribution in [0.1, 0.15) is 21.6 Å². The monoisotopic (exact) mass is 394 g/mol. The fraction of sp³-hybridized carbons (Fsp3) is 0.182. The van der Waals surface area contributed by atoms with E-state index in [0.29, 0.717) is 40.9 Å². The minimum atomic E-state index is -0.120. The molecule has 0 bridgehead atoms. The predicted molar refractivity (Wildman–Crippen MR) is 108 cm³/mol. The molecule has 4 rings (SSSR count). The normalized spacial score (nSPS) is 12.8. The number of carbonyl (C=O) groups is 1. The molecule has 0 atom stereocenters. The molecule has 2 heterocycles. The van der Waals surface area contributed by atoms with E-state index in [4.69, 9.17) is 26.1 Å². The second kappa shape index (κ2) is 7.52. The summed E-state index contributed by atoms with van der Waals surface area (Å²) in [5, 5.41) is 0.429. The van der Waals surface area contributed by atoms with Crippen LogP contribution in [0.15, 0.2) is 54.6 Å². The Labute approximate surface area is 168 Å². The lowest BCUT2D eigenvalue weighted by Gasteiger charge is -2.18. The van der Waals surface area contributed by atoms with E-state index in [1.807, 2.05) is 48.5 Å². The molecule has 0 saturated heterocycles. The first-order valence-corrected chi connectivity index (χ1v) is 9.23. The largest absolute Gasteiger partial charge is 0.497 e. The molecule has 142 valence electrons. The predicted octanol–water partition coefficient (Wildman–Crippen LogP) is 4.58. The van der Waals surface area contributed by atoms with E-state index < -0.39 is 0 Å². The molecular formula is C22H19ClN2O3. The summed E-state index contributed by atoms with van der Waals surface area (Å²) in [6, 6.07) is 17.1. The van der Waals surface area contributed by atoms with Crippen molar-refractivity contribution in [3.05, 3.63) is 76.4 Å². The molecule has 0 N–H and O–H groups in total. The number of ether oxygens (including phenoxy) is 2. The Morgan fingerprint density at radius 1 is 1.07 bits per heavy atom. The minimum absolute atomic E-state index is 0.120. The van der Waals surface area contributed by atoms with Gasteiger partial charge in [0.2, 0.25) is 0 Å².